The molecule has 0 fully saturated rings. The van der Waals surface area contributed by atoms with E-state index in [4.69, 9.17) is 0 Å². The second-order valence-electron chi connectivity index (χ2n) is 5.60. The predicted molar refractivity (Wildman–Crippen MR) is 71.7 cm³/mol. The van der Waals surface area contributed by atoms with E-state index in [-0.39, 0.29) is 12.5 Å². The van der Waals surface area contributed by atoms with Gasteiger partial charge in [-0.25, -0.2) is 0 Å². The molecule has 2 unspecified atom stereocenters. The molecule has 0 spiro atoms. The second kappa shape index (κ2) is 7.26. The third-order valence-electron chi connectivity index (χ3n) is 3.33. The third kappa shape index (κ3) is 6.09. The van der Waals surface area contributed by atoms with Crippen LogP contribution in [0.5, 0.6) is 0 Å². The predicted octanol–water partition coefficient (Wildman–Crippen LogP) is 2.49. The average molecular weight is 298 g/mol. The van der Waals surface area contributed by atoms with E-state index in [1.54, 1.807) is 27.7 Å². The molecular formula is C13H25F3N2O2. The number of likely N-dealkylation sites (N-methyl/N-ethyl adjacent to an activating group) is 1. The van der Waals surface area contributed by atoms with Gasteiger partial charge >= 0.3 is 12.1 Å². The van der Waals surface area contributed by atoms with Crippen LogP contribution < -0.4 is 5.32 Å². The van der Waals surface area contributed by atoms with Crippen LogP contribution in [0.3, 0.4) is 0 Å². The number of aliphatic carboxylic acids is 1. The van der Waals surface area contributed by atoms with Crippen molar-refractivity contribution in [3.8, 4) is 0 Å². The SMILES string of the molecule is CCNC(C)(CC(C)N(CC(F)(F)F)C(C)C)C(=O)O. The summed E-state index contributed by atoms with van der Waals surface area (Å²) in [5.74, 6) is -1.05. The Kier molecular flexibility index (Phi) is 6.97. The zero-order chi connectivity index (χ0) is 16.1. The lowest BCUT2D eigenvalue weighted by atomic mass is 9.92. The molecule has 4 nitrogen and oxygen atoms in total. The van der Waals surface area contributed by atoms with Crippen LogP contribution >= 0.6 is 0 Å². The Labute approximate surface area is 118 Å². The third-order valence-corrected chi connectivity index (χ3v) is 3.33. The molecule has 2 N–H and O–H groups in total. The summed E-state index contributed by atoms with van der Waals surface area (Å²) in [6.45, 7) is 7.65. The standard InChI is InChI=1S/C13H25F3N2O2/c1-6-17-12(5,11(19)20)7-10(4)18(9(2)3)8-13(14,15)16/h9-10,17H,6-8H2,1-5H3,(H,19,20). The van der Waals surface area contributed by atoms with Gasteiger partial charge < -0.3 is 10.4 Å². The van der Waals surface area contributed by atoms with Crippen molar-refractivity contribution in [2.75, 3.05) is 13.1 Å². The van der Waals surface area contributed by atoms with Gasteiger partial charge in [0.05, 0.1) is 6.54 Å². The lowest BCUT2D eigenvalue weighted by Crippen LogP contribution is -2.55. The Morgan fingerprint density at radius 2 is 1.80 bits per heavy atom. The Bertz CT molecular complexity index is 321. The van der Waals surface area contributed by atoms with Crippen LogP contribution in [-0.4, -0.2) is 52.9 Å². The molecule has 2 atom stereocenters. The molecule has 0 saturated carbocycles. The van der Waals surface area contributed by atoms with Crippen LogP contribution in [0.4, 0.5) is 13.2 Å². The van der Waals surface area contributed by atoms with Gasteiger partial charge in [-0.05, 0) is 40.7 Å². The Hall–Kier alpha value is -0.820. The first-order chi connectivity index (χ1) is 8.93. The number of alkyl halides is 3. The van der Waals surface area contributed by atoms with E-state index in [0.29, 0.717) is 6.54 Å². The van der Waals surface area contributed by atoms with Crippen LogP contribution in [0.1, 0.15) is 41.0 Å². The smallest absolute Gasteiger partial charge is 0.401 e. The van der Waals surface area contributed by atoms with Crippen LogP contribution in [-0.2, 0) is 4.79 Å². The van der Waals surface area contributed by atoms with Gasteiger partial charge in [0.1, 0.15) is 5.54 Å². The molecule has 0 aromatic heterocycles. The largest absolute Gasteiger partial charge is 0.480 e. The first-order valence-electron chi connectivity index (χ1n) is 6.74. The molecule has 0 aliphatic carbocycles. The number of rotatable bonds is 8. The van der Waals surface area contributed by atoms with Crippen LogP contribution in [0.25, 0.3) is 0 Å². The van der Waals surface area contributed by atoms with Crippen LogP contribution in [0.2, 0.25) is 0 Å². The minimum atomic E-state index is -4.30. The maximum atomic E-state index is 12.6. The van der Waals surface area contributed by atoms with Crippen molar-refractivity contribution in [3.63, 3.8) is 0 Å². The van der Waals surface area contributed by atoms with Gasteiger partial charge in [0.25, 0.3) is 0 Å². The number of hydrogen-bond acceptors (Lipinski definition) is 3. The fourth-order valence-corrected chi connectivity index (χ4v) is 2.39. The molecule has 0 saturated heterocycles. The van der Waals surface area contributed by atoms with Crippen molar-refractivity contribution in [2.45, 2.75) is 64.8 Å². The molecule has 0 aromatic carbocycles. The summed E-state index contributed by atoms with van der Waals surface area (Å²) < 4.78 is 37.8. The topological polar surface area (TPSA) is 52.6 Å². The van der Waals surface area contributed by atoms with Crippen molar-refractivity contribution in [1.29, 1.82) is 0 Å². The van der Waals surface area contributed by atoms with Gasteiger partial charge in [-0.15, -0.1) is 0 Å². The van der Waals surface area contributed by atoms with E-state index in [1.165, 1.54) is 11.8 Å². The number of halogens is 3. The summed E-state index contributed by atoms with van der Waals surface area (Å²) in [6, 6.07) is -0.817. The lowest BCUT2D eigenvalue weighted by molar-refractivity contribution is -0.157. The number of nitrogens with zero attached hydrogens (tertiary/aromatic N) is 1. The molecule has 0 aliphatic rings. The van der Waals surface area contributed by atoms with E-state index in [9.17, 15) is 23.1 Å². The highest BCUT2D eigenvalue weighted by Gasteiger charge is 2.39. The Morgan fingerprint density at radius 3 is 2.10 bits per heavy atom. The fourth-order valence-electron chi connectivity index (χ4n) is 2.39. The Balaban J connectivity index is 4.98. The molecule has 0 rings (SSSR count). The first-order valence-corrected chi connectivity index (χ1v) is 6.74. The molecule has 0 aromatic rings. The Morgan fingerprint density at radius 1 is 1.30 bits per heavy atom. The highest BCUT2D eigenvalue weighted by molar-refractivity contribution is 5.78. The molecule has 0 radical (unpaired) electrons. The van der Waals surface area contributed by atoms with Crippen molar-refractivity contribution in [3.05, 3.63) is 0 Å². The monoisotopic (exact) mass is 298 g/mol. The lowest BCUT2D eigenvalue weighted by Gasteiger charge is -2.37. The molecule has 0 heterocycles. The van der Waals surface area contributed by atoms with Gasteiger partial charge in [0, 0.05) is 12.1 Å². The van der Waals surface area contributed by atoms with Gasteiger partial charge in [-0.3, -0.25) is 9.69 Å². The quantitative estimate of drug-likeness (QED) is 0.723. The summed E-state index contributed by atoms with van der Waals surface area (Å²) in [7, 11) is 0. The molecule has 20 heavy (non-hydrogen) atoms. The molecular weight excluding hydrogens is 273 g/mol. The fraction of sp³-hybridized carbons (Fsp3) is 0.923. The van der Waals surface area contributed by atoms with Gasteiger partial charge in [-0.1, -0.05) is 6.92 Å². The molecule has 120 valence electrons. The highest BCUT2D eigenvalue weighted by Crippen LogP contribution is 2.24. The van der Waals surface area contributed by atoms with Crippen molar-refractivity contribution < 1.29 is 23.1 Å². The minimum Gasteiger partial charge on any atom is -0.480 e. The van der Waals surface area contributed by atoms with E-state index in [1.807, 2.05) is 0 Å². The normalized spacial score (nSPS) is 17.3. The number of nitrogens with one attached hydrogen (secondary N) is 1. The molecule has 0 amide bonds. The summed E-state index contributed by atoms with van der Waals surface area (Å²) in [6.07, 6.45) is -4.19. The van der Waals surface area contributed by atoms with Gasteiger partial charge in [0.15, 0.2) is 0 Å². The zero-order valence-electron chi connectivity index (χ0n) is 12.7. The number of carboxylic acid groups (broad SMARTS) is 1. The number of hydrogen-bond donors (Lipinski definition) is 2. The second-order valence-corrected chi connectivity index (χ2v) is 5.60. The van der Waals surface area contributed by atoms with Crippen molar-refractivity contribution >= 4 is 5.97 Å². The molecule has 0 bridgehead atoms. The maximum absolute atomic E-state index is 12.6. The minimum absolute atomic E-state index is 0.102. The van der Waals surface area contributed by atoms with Crippen molar-refractivity contribution in [1.82, 2.24) is 10.2 Å². The molecule has 0 aliphatic heterocycles. The van der Waals surface area contributed by atoms with Gasteiger partial charge in [-0.2, -0.15) is 13.2 Å². The van der Waals surface area contributed by atoms with E-state index in [0.717, 1.165) is 0 Å². The van der Waals surface area contributed by atoms with Gasteiger partial charge in [0.2, 0.25) is 0 Å². The van der Waals surface area contributed by atoms with E-state index in [2.05, 4.69) is 5.32 Å². The molecule has 7 heteroatoms. The highest BCUT2D eigenvalue weighted by atomic mass is 19.4. The van der Waals surface area contributed by atoms with Crippen LogP contribution in [0.15, 0.2) is 0 Å². The van der Waals surface area contributed by atoms with Crippen LogP contribution in [0, 0.1) is 0 Å². The summed E-state index contributed by atoms with van der Waals surface area (Å²) in [4.78, 5) is 12.6. The van der Waals surface area contributed by atoms with Crippen molar-refractivity contribution in [2.24, 2.45) is 0 Å². The number of carbonyl (C=O) groups is 1. The van der Waals surface area contributed by atoms with E-state index < -0.39 is 30.3 Å². The zero-order valence-corrected chi connectivity index (χ0v) is 12.7. The van der Waals surface area contributed by atoms with E-state index >= 15 is 0 Å². The first kappa shape index (κ1) is 19.2. The average Bonchev–Trinajstić information content (AvgIpc) is 2.24. The summed E-state index contributed by atoms with van der Waals surface area (Å²) in [5, 5.41) is 12.1. The summed E-state index contributed by atoms with van der Waals surface area (Å²) in [5.41, 5.74) is -1.23. The summed E-state index contributed by atoms with van der Waals surface area (Å²) >= 11 is 0. The number of carboxylic acids is 1. The maximum Gasteiger partial charge on any atom is 0.401 e.